The first-order valence-electron chi connectivity index (χ1n) is 5.12. The fraction of sp³-hybridized carbons (Fsp3) is 0.500. The van der Waals surface area contributed by atoms with E-state index in [0.29, 0.717) is 12.4 Å². The Labute approximate surface area is 95.0 Å². The maximum atomic E-state index is 13.2. The molecule has 0 aliphatic carbocycles. The van der Waals surface area contributed by atoms with Gasteiger partial charge in [-0.1, -0.05) is 6.07 Å². The lowest BCUT2D eigenvalue weighted by Crippen LogP contribution is -2.00. The number of hydrogen-bond acceptors (Lipinski definition) is 2. The van der Waals surface area contributed by atoms with Gasteiger partial charge in [-0.2, -0.15) is 11.8 Å². The van der Waals surface area contributed by atoms with Crippen LogP contribution in [0.25, 0.3) is 0 Å². The quantitative estimate of drug-likeness (QED) is 0.687. The Bertz CT molecular complexity index is 302. The van der Waals surface area contributed by atoms with E-state index in [2.05, 4.69) is 6.26 Å². The average molecular weight is 228 g/mol. The summed E-state index contributed by atoms with van der Waals surface area (Å²) in [5.74, 6) is 1.24. The summed E-state index contributed by atoms with van der Waals surface area (Å²) in [7, 11) is 0. The lowest BCUT2D eigenvalue weighted by atomic mass is 10.2. The normalized spacial score (nSPS) is 10.3. The molecule has 0 N–H and O–H groups in total. The van der Waals surface area contributed by atoms with E-state index in [1.165, 1.54) is 6.07 Å². The Morgan fingerprint density at radius 3 is 2.87 bits per heavy atom. The zero-order chi connectivity index (χ0) is 11.1. The summed E-state index contributed by atoms with van der Waals surface area (Å²) in [6.45, 7) is 2.53. The van der Waals surface area contributed by atoms with Gasteiger partial charge in [0, 0.05) is 0 Å². The zero-order valence-corrected chi connectivity index (χ0v) is 10.1. The summed E-state index contributed by atoms with van der Waals surface area (Å²) in [5.41, 5.74) is 1.02. The van der Waals surface area contributed by atoms with Crippen LogP contribution in [0.5, 0.6) is 5.75 Å². The second kappa shape index (κ2) is 6.72. The van der Waals surface area contributed by atoms with Crippen LogP contribution in [-0.4, -0.2) is 18.6 Å². The van der Waals surface area contributed by atoms with Crippen molar-refractivity contribution in [2.24, 2.45) is 0 Å². The molecule has 0 aliphatic heterocycles. The molecule has 3 heteroatoms. The van der Waals surface area contributed by atoms with E-state index in [4.69, 9.17) is 4.74 Å². The highest BCUT2D eigenvalue weighted by Gasteiger charge is 2.02. The molecule has 0 saturated heterocycles. The van der Waals surface area contributed by atoms with Crippen LogP contribution in [0.4, 0.5) is 4.39 Å². The first-order chi connectivity index (χ1) is 7.24. The summed E-state index contributed by atoms with van der Waals surface area (Å²) in [5, 5.41) is 0. The average Bonchev–Trinajstić information content (AvgIpc) is 2.23. The van der Waals surface area contributed by atoms with Crippen molar-refractivity contribution in [3.05, 3.63) is 29.6 Å². The van der Waals surface area contributed by atoms with Gasteiger partial charge in [-0.3, -0.25) is 0 Å². The molecule has 1 aromatic rings. The maximum absolute atomic E-state index is 13.2. The first-order valence-corrected chi connectivity index (χ1v) is 6.51. The Morgan fingerprint density at radius 2 is 2.13 bits per heavy atom. The van der Waals surface area contributed by atoms with Crippen molar-refractivity contribution in [3.8, 4) is 5.75 Å². The molecule has 0 aromatic heterocycles. The van der Waals surface area contributed by atoms with Crippen molar-refractivity contribution >= 4 is 11.8 Å². The molecule has 1 rings (SSSR count). The molecule has 0 fully saturated rings. The molecule has 0 radical (unpaired) electrons. The van der Waals surface area contributed by atoms with Crippen molar-refractivity contribution in [2.45, 2.75) is 19.8 Å². The SMILES string of the molecule is CSCCCCOc1cc(C)ccc1F. The molecule has 0 bridgehead atoms. The number of halogens is 1. The molecule has 84 valence electrons. The Morgan fingerprint density at radius 1 is 1.33 bits per heavy atom. The molecule has 0 atom stereocenters. The van der Waals surface area contributed by atoms with E-state index in [1.807, 2.05) is 18.7 Å². The topological polar surface area (TPSA) is 9.23 Å². The van der Waals surface area contributed by atoms with Gasteiger partial charge in [-0.15, -0.1) is 0 Å². The van der Waals surface area contributed by atoms with Gasteiger partial charge in [0.25, 0.3) is 0 Å². The van der Waals surface area contributed by atoms with E-state index in [1.54, 1.807) is 12.1 Å². The number of ether oxygens (including phenoxy) is 1. The fourth-order valence-corrected chi connectivity index (χ4v) is 1.74. The lowest BCUT2D eigenvalue weighted by Gasteiger charge is -2.07. The van der Waals surface area contributed by atoms with Crippen LogP contribution >= 0.6 is 11.8 Å². The van der Waals surface area contributed by atoms with Gasteiger partial charge in [0.05, 0.1) is 6.61 Å². The van der Waals surface area contributed by atoms with Crippen molar-refractivity contribution in [1.82, 2.24) is 0 Å². The smallest absolute Gasteiger partial charge is 0.165 e. The predicted molar refractivity (Wildman–Crippen MR) is 64.2 cm³/mol. The molecule has 15 heavy (non-hydrogen) atoms. The van der Waals surface area contributed by atoms with Crippen LogP contribution in [0.2, 0.25) is 0 Å². The molecule has 0 unspecified atom stereocenters. The third kappa shape index (κ3) is 4.56. The second-order valence-electron chi connectivity index (χ2n) is 3.48. The number of aryl methyl sites for hydroxylation is 1. The Balaban J connectivity index is 2.33. The predicted octanol–water partition coefficient (Wildman–Crippen LogP) is 3.66. The summed E-state index contributed by atoms with van der Waals surface area (Å²) >= 11 is 1.82. The number of hydrogen-bond donors (Lipinski definition) is 0. The van der Waals surface area contributed by atoms with Gasteiger partial charge in [-0.05, 0) is 49.5 Å². The Kier molecular flexibility index (Phi) is 5.54. The highest BCUT2D eigenvalue weighted by Crippen LogP contribution is 2.18. The van der Waals surface area contributed by atoms with E-state index in [-0.39, 0.29) is 5.82 Å². The third-order valence-corrected chi connectivity index (χ3v) is 2.78. The standard InChI is InChI=1S/C12H17FOS/c1-10-5-6-11(13)12(9-10)14-7-3-4-8-15-2/h5-6,9H,3-4,7-8H2,1-2H3. The summed E-state index contributed by atoms with van der Waals surface area (Å²) in [6, 6.07) is 4.94. The molecule has 0 amide bonds. The molecule has 1 aromatic carbocycles. The van der Waals surface area contributed by atoms with Crippen molar-refractivity contribution in [1.29, 1.82) is 0 Å². The third-order valence-electron chi connectivity index (χ3n) is 2.09. The second-order valence-corrected chi connectivity index (χ2v) is 4.47. The van der Waals surface area contributed by atoms with Gasteiger partial charge in [0.2, 0.25) is 0 Å². The monoisotopic (exact) mass is 228 g/mol. The van der Waals surface area contributed by atoms with Gasteiger partial charge >= 0.3 is 0 Å². The van der Waals surface area contributed by atoms with E-state index >= 15 is 0 Å². The van der Waals surface area contributed by atoms with Crippen LogP contribution < -0.4 is 4.74 Å². The molecule has 0 aliphatic rings. The van der Waals surface area contributed by atoms with Crippen molar-refractivity contribution < 1.29 is 9.13 Å². The van der Waals surface area contributed by atoms with E-state index in [0.717, 1.165) is 24.2 Å². The number of benzene rings is 1. The van der Waals surface area contributed by atoms with Crippen LogP contribution in [0.3, 0.4) is 0 Å². The van der Waals surface area contributed by atoms with Crippen LogP contribution in [0.1, 0.15) is 18.4 Å². The highest BCUT2D eigenvalue weighted by molar-refractivity contribution is 7.98. The van der Waals surface area contributed by atoms with Crippen LogP contribution in [0, 0.1) is 12.7 Å². The van der Waals surface area contributed by atoms with Gasteiger partial charge < -0.3 is 4.74 Å². The fourth-order valence-electron chi connectivity index (χ4n) is 1.25. The molecule has 0 saturated carbocycles. The maximum Gasteiger partial charge on any atom is 0.165 e. The minimum absolute atomic E-state index is 0.273. The van der Waals surface area contributed by atoms with Crippen LogP contribution in [0.15, 0.2) is 18.2 Å². The summed E-state index contributed by atoms with van der Waals surface area (Å²) in [6.07, 6.45) is 4.18. The van der Waals surface area contributed by atoms with E-state index in [9.17, 15) is 4.39 Å². The minimum atomic E-state index is -0.273. The molecular weight excluding hydrogens is 211 g/mol. The van der Waals surface area contributed by atoms with Crippen LogP contribution in [-0.2, 0) is 0 Å². The number of unbranched alkanes of at least 4 members (excludes halogenated alkanes) is 1. The number of rotatable bonds is 6. The lowest BCUT2D eigenvalue weighted by molar-refractivity contribution is 0.294. The van der Waals surface area contributed by atoms with Gasteiger partial charge in [-0.25, -0.2) is 4.39 Å². The largest absolute Gasteiger partial charge is 0.491 e. The van der Waals surface area contributed by atoms with E-state index < -0.39 is 0 Å². The molecule has 1 nitrogen and oxygen atoms in total. The van der Waals surface area contributed by atoms with Gasteiger partial charge in [0.1, 0.15) is 0 Å². The molecule has 0 heterocycles. The summed E-state index contributed by atoms with van der Waals surface area (Å²) < 4.78 is 18.6. The van der Waals surface area contributed by atoms with Crippen molar-refractivity contribution in [3.63, 3.8) is 0 Å². The highest BCUT2D eigenvalue weighted by atomic mass is 32.2. The first kappa shape index (κ1) is 12.4. The Hall–Kier alpha value is -0.700. The zero-order valence-electron chi connectivity index (χ0n) is 9.25. The molecule has 0 spiro atoms. The van der Waals surface area contributed by atoms with Gasteiger partial charge in [0.15, 0.2) is 11.6 Å². The van der Waals surface area contributed by atoms with Crippen molar-refractivity contribution in [2.75, 3.05) is 18.6 Å². The summed E-state index contributed by atoms with van der Waals surface area (Å²) in [4.78, 5) is 0. The number of thioether (sulfide) groups is 1. The minimum Gasteiger partial charge on any atom is -0.491 e. The molecular formula is C12H17FOS.